The molecule has 1 aliphatic rings. The van der Waals surface area contributed by atoms with Gasteiger partial charge in [-0.3, -0.25) is 4.79 Å². The van der Waals surface area contributed by atoms with Crippen LogP contribution in [0.2, 0.25) is 0 Å². The van der Waals surface area contributed by atoms with Gasteiger partial charge in [0.2, 0.25) is 0 Å². The molecule has 31 heavy (non-hydrogen) atoms. The van der Waals surface area contributed by atoms with Crippen LogP contribution in [0.15, 0.2) is 72.9 Å². The molecule has 0 atom stereocenters. The van der Waals surface area contributed by atoms with Crippen molar-refractivity contribution in [3.63, 3.8) is 0 Å². The van der Waals surface area contributed by atoms with Gasteiger partial charge in [0, 0.05) is 37.9 Å². The average molecular weight is 425 g/mol. The Kier molecular flexibility index (Phi) is 5.93. The third kappa shape index (κ3) is 4.71. The zero-order valence-corrected chi connectivity index (χ0v) is 16.8. The van der Waals surface area contributed by atoms with E-state index in [0.717, 1.165) is 23.4 Å². The molecule has 160 valence electrons. The molecule has 1 fully saturated rings. The SMILES string of the molecule is O=C(c1ccccc1-c1ccccc1)N1CCCN(c2ccc(C(F)(F)F)cn2)CC1. The number of aromatic nitrogens is 1. The Labute approximate surface area is 178 Å². The third-order valence-electron chi connectivity index (χ3n) is 5.42. The summed E-state index contributed by atoms with van der Waals surface area (Å²) in [5.74, 6) is 0.452. The summed E-state index contributed by atoms with van der Waals surface area (Å²) in [5.41, 5.74) is 1.76. The van der Waals surface area contributed by atoms with Gasteiger partial charge >= 0.3 is 6.18 Å². The Morgan fingerprint density at radius 1 is 0.839 bits per heavy atom. The highest BCUT2D eigenvalue weighted by atomic mass is 19.4. The second-order valence-electron chi connectivity index (χ2n) is 7.45. The molecule has 7 heteroatoms. The van der Waals surface area contributed by atoms with Crippen LogP contribution >= 0.6 is 0 Å². The van der Waals surface area contributed by atoms with E-state index >= 15 is 0 Å². The zero-order valence-electron chi connectivity index (χ0n) is 16.8. The van der Waals surface area contributed by atoms with Gasteiger partial charge in [-0.15, -0.1) is 0 Å². The van der Waals surface area contributed by atoms with Crippen molar-refractivity contribution >= 4 is 11.7 Å². The fourth-order valence-corrected chi connectivity index (χ4v) is 3.80. The molecule has 2 aromatic carbocycles. The molecule has 2 heterocycles. The van der Waals surface area contributed by atoms with E-state index in [0.29, 0.717) is 44.0 Å². The van der Waals surface area contributed by atoms with Crippen LogP contribution < -0.4 is 4.90 Å². The fraction of sp³-hybridized carbons (Fsp3) is 0.250. The van der Waals surface area contributed by atoms with Crippen LogP contribution in [0.5, 0.6) is 0 Å². The Bertz CT molecular complexity index is 1040. The van der Waals surface area contributed by atoms with E-state index in [2.05, 4.69) is 4.98 Å². The molecule has 1 amide bonds. The smallest absolute Gasteiger partial charge is 0.355 e. The fourth-order valence-electron chi connectivity index (χ4n) is 3.80. The van der Waals surface area contributed by atoms with Crippen molar-refractivity contribution in [2.75, 3.05) is 31.1 Å². The van der Waals surface area contributed by atoms with E-state index in [1.807, 2.05) is 64.4 Å². The lowest BCUT2D eigenvalue weighted by atomic mass is 9.99. The van der Waals surface area contributed by atoms with E-state index in [9.17, 15) is 18.0 Å². The minimum absolute atomic E-state index is 0.0401. The van der Waals surface area contributed by atoms with Crippen molar-refractivity contribution in [3.8, 4) is 11.1 Å². The van der Waals surface area contributed by atoms with Crippen LogP contribution in [-0.4, -0.2) is 42.0 Å². The van der Waals surface area contributed by atoms with E-state index in [4.69, 9.17) is 0 Å². The topological polar surface area (TPSA) is 36.4 Å². The number of hydrogen-bond acceptors (Lipinski definition) is 3. The monoisotopic (exact) mass is 425 g/mol. The second kappa shape index (κ2) is 8.79. The number of hydrogen-bond donors (Lipinski definition) is 0. The van der Waals surface area contributed by atoms with Gasteiger partial charge in [0.1, 0.15) is 5.82 Å². The molecule has 0 aliphatic carbocycles. The minimum atomic E-state index is -4.40. The summed E-state index contributed by atoms with van der Waals surface area (Å²) in [6.07, 6.45) is -2.83. The van der Waals surface area contributed by atoms with Gasteiger partial charge in [0.15, 0.2) is 0 Å². The molecule has 0 spiro atoms. The van der Waals surface area contributed by atoms with Crippen LogP contribution in [0.25, 0.3) is 11.1 Å². The lowest BCUT2D eigenvalue weighted by Crippen LogP contribution is -2.35. The van der Waals surface area contributed by atoms with Gasteiger partial charge in [-0.2, -0.15) is 13.2 Å². The predicted octanol–water partition coefficient (Wildman–Crippen LogP) is 5.12. The number of carbonyl (C=O) groups excluding carboxylic acids is 1. The molecule has 0 radical (unpaired) electrons. The summed E-state index contributed by atoms with van der Waals surface area (Å²) in [5, 5.41) is 0. The molecule has 3 aromatic rings. The molecule has 4 rings (SSSR count). The zero-order chi connectivity index (χ0) is 21.8. The summed E-state index contributed by atoms with van der Waals surface area (Å²) in [6.45, 7) is 2.20. The van der Waals surface area contributed by atoms with E-state index in [1.165, 1.54) is 6.07 Å². The van der Waals surface area contributed by atoms with Crippen molar-refractivity contribution < 1.29 is 18.0 Å². The molecule has 4 nitrogen and oxygen atoms in total. The van der Waals surface area contributed by atoms with Crippen LogP contribution in [0.4, 0.5) is 19.0 Å². The molecule has 0 N–H and O–H groups in total. The van der Waals surface area contributed by atoms with Gasteiger partial charge in [-0.25, -0.2) is 4.98 Å². The van der Waals surface area contributed by atoms with Gasteiger partial charge in [0.25, 0.3) is 5.91 Å². The number of nitrogens with zero attached hydrogens (tertiary/aromatic N) is 3. The van der Waals surface area contributed by atoms with Gasteiger partial charge in [0.05, 0.1) is 5.56 Å². The maximum Gasteiger partial charge on any atom is 0.417 e. The van der Waals surface area contributed by atoms with Gasteiger partial charge < -0.3 is 9.80 Å². The summed E-state index contributed by atoms with van der Waals surface area (Å²) < 4.78 is 38.4. The largest absolute Gasteiger partial charge is 0.417 e. The summed E-state index contributed by atoms with van der Waals surface area (Å²) >= 11 is 0. The molecular formula is C24H22F3N3O. The number of pyridine rings is 1. The molecular weight excluding hydrogens is 403 g/mol. The van der Waals surface area contributed by atoms with E-state index in [-0.39, 0.29) is 5.91 Å². The van der Waals surface area contributed by atoms with Crippen molar-refractivity contribution in [3.05, 3.63) is 84.1 Å². The first kappa shape index (κ1) is 20.9. The van der Waals surface area contributed by atoms with Gasteiger partial charge in [-0.1, -0.05) is 48.5 Å². The molecule has 1 aliphatic heterocycles. The first-order valence-electron chi connectivity index (χ1n) is 10.2. The van der Waals surface area contributed by atoms with E-state index in [1.54, 1.807) is 0 Å². The van der Waals surface area contributed by atoms with Gasteiger partial charge in [-0.05, 0) is 35.7 Å². The summed E-state index contributed by atoms with van der Waals surface area (Å²) in [6, 6.07) is 19.8. The van der Waals surface area contributed by atoms with Crippen LogP contribution in [0.3, 0.4) is 0 Å². The molecule has 1 aromatic heterocycles. The van der Waals surface area contributed by atoms with Crippen LogP contribution in [-0.2, 0) is 6.18 Å². The van der Waals surface area contributed by atoms with Crippen LogP contribution in [0, 0.1) is 0 Å². The summed E-state index contributed by atoms with van der Waals surface area (Å²) in [7, 11) is 0. The van der Waals surface area contributed by atoms with Crippen molar-refractivity contribution in [1.82, 2.24) is 9.88 Å². The Morgan fingerprint density at radius 3 is 2.29 bits per heavy atom. The third-order valence-corrected chi connectivity index (χ3v) is 5.42. The molecule has 0 unspecified atom stereocenters. The average Bonchev–Trinajstić information content (AvgIpc) is 3.05. The number of amides is 1. The summed E-state index contributed by atoms with van der Waals surface area (Å²) in [4.78, 5) is 21.0. The molecule has 1 saturated heterocycles. The number of anilines is 1. The van der Waals surface area contributed by atoms with Crippen molar-refractivity contribution in [2.45, 2.75) is 12.6 Å². The minimum Gasteiger partial charge on any atom is -0.355 e. The highest BCUT2D eigenvalue weighted by Gasteiger charge is 2.31. The second-order valence-corrected chi connectivity index (χ2v) is 7.45. The highest BCUT2D eigenvalue weighted by Crippen LogP contribution is 2.30. The number of alkyl halides is 3. The van der Waals surface area contributed by atoms with Crippen LogP contribution in [0.1, 0.15) is 22.3 Å². The molecule has 0 bridgehead atoms. The van der Waals surface area contributed by atoms with E-state index < -0.39 is 11.7 Å². The highest BCUT2D eigenvalue weighted by molar-refractivity contribution is 6.00. The van der Waals surface area contributed by atoms with Crippen molar-refractivity contribution in [2.24, 2.45) is 0 Å². The first-order chi connectivity index (χ1) is 14.9. The Morgan fingerprint density at radius 2 is 1.58 bits per heavy atom. The maximum absolute atomic E-state index is 13.3. The quantitative estimate of drug-likeness (QED) is 0.585. The lowest BCUT2D eigenvalue weighted by molar-refractivity contribution is -0.137. The predicted molar refractivity (Wildman–Crippen MR) is 114 cm³/mol. The first-order valence-corrected chi connectivity index (χ1v) is 10.2. The number of benzene rings is 2. The molecule has 0 saturated carbocycles. The maximum atomic E-state index is 13.3. The normalized spacial score (nSPS) is 14.9. The number of carbonyl (C=O) groups is 1. The Hall–Kier alpha value is -3.35. The van der Waals surface area contributed by atoms with Crippen molar-refractivity contribution in [1.29, 1.82) is 0 Å². The number of halogens is 3. The number of rotatable bonds is 3. The Balaban J connectivity index is 1.49. The standard InChI is InChI=1S/C24H22F3N3O/c25-24(26,27)19-11-12-22(28-17-19)29-13-6-14-30(16-15-29)23(31)21-10-5-4-9-20(21)18-7-2-1-3-8-18/h1-5,7-12,17H,6,13-16H2. The lowest BCUT2D eigenvalue weighted by Gasteiger charge is -2.24.